The van der Waals surface area contributed by atoms with Crippen LogP contribution in [0.4, 0.5) is 11.4 Å². The Kier molecular flexibility index (Phi) is 4.56. The largest absolute Gasteiger partial charge is 0.322 e. The predicted molar refractivity (Wildman–Crippen MR) is 85.2 cm³/mol. The number of amides is 1. The molecule has 0 aliphatic heterocycles. The maximum absolute atomic E-state index is 12.1. The highest BCUT2D eigenvalue weighted by Crippen LogP contribution is 2.28. The normalized spacial score (nSPS) is 10.1. The van der Waals surface area contributed by atoms with Gasteiger partial charge in [-0.2, -0.15) is 0 Å². The van der Waals surface area contributed by atoms with Gasteiger partial charge in [0.15, 0.2) is 0 Å². The summed E-state index contributed by atoms with van der Waals surface area (Å²) < 4.78 is 1.02. The van der Waals surface area contributed by atoms with Gasteiger partial charge in [-0.15, -0.1) is 0 Å². The molecule has 2 aromatic rings. The van der Waals surface area contributed by atoms with Gasteiger partial charge < -0.3 is 5.32 Å². The molecule has 102 valence electrons. The molecule has 0 fully saturated rings. The third-order valence-electron chi connectivity index (χ3n) is 2.52. The summed E-state index contributed by atoms with van der Waals surface area (Å²) in [5, 5.41) is 13.5. The van der Waals surface area contributed by atoms with Crippen molar-refractivity contribution >= 4 is 51.5 Å². The molecule has 0 saturated carbocycles. The number of nitro benzene ring substituents is 1. The van der Waals surface area contributed by atoms with Gasteiger partial charge in [-0.1, -0.05) is 17.7 Å². The van der Waals surface area contributed by atoms with Gasteiger partial charge in [0.25, 0.3) is 5.91 Å². The summed E-state index contributed by atoms with van der Waals surface area (Å²) in [7, 11) is 0. The fraction of sp³-hybridized carbons (Fsp3) is 0. The minimum absolute atomic E-state index is 0.0646. The topological polar surface area (TPSA) is 72.2 Å². The lowest BCUT2D eigenvalue weighted by atomic mass is 10.1. The van der Waals surface area contributed by atoms with Crippen LogP contribution in [-0.2, 0) is 0 Å². The van der Waals surface area contributed by atoms with Crippen molar-refractivity contribution in [2.24, 2.45) is 0 Å². The van der Waals surface area contributed by atoms with Gasteiger partial charge in [0.2, 0.25) is 0 Å². The van der Waals surface area contributed by atoms with Crippen LogP contribution in [0.15, 0.2) is 42.5 Å². The first-order chi connectivity index (χ1) is 9.49. The van der Waals surface area contributed by atoms with Crippen molar-refractivity contribution in [3.63, 3.8) is 0 Å². The maximum Gasteiger partial charge on any atom is 0.300 e. The monoisotopic (exact) mass is 402 g/mol. The third kappa shape index (κ3) is 3.26. The van der Waals surface area contributed by atoms with E-state index in [1.807, 2.05) is 12.1 Å². The Hall–Kier alpha value is -1.67. The number of hydrogen-bond donors (Lipinski definition) is 1. The van der Waals surface area contributed by atoms with Crippen molar-refractivity contribution in [2.45, 2.75) is 0 Å². The highest BCUT2D eigenvalue weighted by atomic mass is 127. The SMILES string of the molecule is O=C(Nc1ccc(I)cc1)c1cccc(Cl)c1[N+](=O)[O-]. The van der Waals surface area contributed by atoms with E-state index in [0.717, 1.165) is 3.57 Å². The number of nitrogens with zero attached hydrogens (tertiary/aromatic N) is 1. The predicted octanol–water partition coefficient (Wildman–Crippen LogP) is 4.11. The van der Waals surface area contributed by atoms with Crippen LogP contribution in [0.1, 0.15) is 10.4 Å². The fourth-order valence-corrected chi connectivity index (χ4v) is 2.22. The Balaban J connectivity index is 2.32. The molecule has 2 aromatic carbocycles. The van der Waals surface area contributed by atoms with Crippen LogP contribution >= 0.6 is 34.2 Å². The lowest BCUT2D eigenvalue weighted by molar-refractivity contribution is -0.385. The number of carbonyl (C=O) groups is 1. The summed E-state index contributed by atoms with van der Waals surface area (Å²) in [5.74, 6) is -0.569. The van der Waals surface area contributed by atoms with E-state index in [1.165, 1.54) is 18.2 Å². The molecule has 0 unspecified atom stereocenters. The maximum atomic E-state index is 12.1. The molecule has 5 nitrogen and oxygen atoms in total. The van der Waals surface area contributed by atoms with E-state index in [2.05, 4.69) is 27.9 Å². The number of para-hydroxylation sites is 1. The quantitative estimate of drug-likeness (QED) is 0.477. The number of benzene rings is 2. The van der Waals surface area contributed by atoms with Crippen LogP contribution in [0.2, 0.25) is 5.02 Å². The smallest absolute Gasteiger partial charge is 0.300 e. The molecule has 0 atom stereocenters. The van der Waals surface area contributed by atoms with Crippen LogP contribution in [0.3, 0.4) is 0 Å². The zero-order valence-corrected chi connectivity index (χ0v) is 12.9. The second-order valence-electron chi connectivity index (χ2n) is 3.85. The molecule has 0 heterocycles. The second kappa shape index (κ2) is 6.19. The molecule has 2 rings (SSSR count). The number of halogens is 2. The number of carbonyl (C=O) groups excluding carboxylic acids is 1. The van der Waals surface area contributed by atoms with Crippen molar-refractivity contribution in [1.29, 1.82) is 0 Å². The Morgan fingerprint density at radius 2 is 1.85 bits per heavy atom. The van der Waals surface area contributed by atoms with E-state index >= 15 is 0 Å². The van der Waals surface area contributed by atoms with Crippen molar-refractivity contribution < 1.29 is 9.72 Å². The summed E-state index contributed by atoms with van der Waals surface area (Å²) in [4.78, 5) is 22.4. The van der Waals surface area contributed by atoms with Gasteiger partial charge in [0.05, 0.1) is 4.92 Å². The Bertz CT molecular complexity index is 674. The summed E-state index contributed by atoms with van der Waals surface area (Å²) >= 11 is 7.91. The van der Waals surface area contributed by atoms with Crippen molar-refractivity contribution in [3.05, 3.63) is 66.7 Å². The lowest BCUT2D eigenvalue weighted by Crippen LogP contribution is -2.14. The number of nitrogens with one attached hydrogen (secondary N) is 1. The van der Waals surface area contributed by atoms with E-state index in [0.29, 0.717) is 5.69 Å². The molecule has 0 aromatic heterocycles. The van der Waals surface area contributed by atoms with Gasteiger partial charge in [0.1, 0.15) is 10.6 Å². The molecule has 7 heteroatoms. The second-order valence-corrected chi connectivity index (χ2v) is 5.51. The number of nitro groups is 1. The molecule has 0 aliphatic carbocycles. The van der Waals surface area contributed by atoms with Gasteiger partial charge >= 0.3 is 5.69 Å². The highest BCUT2D eigenvalue weighted by molar-refractivity contribution is 14.1. The first-order valence-corrected chi connectivity index (χ1v) is 6.94. The van der Waals surface area contributed by atoms with Crippen LogP contribution < -0.4 is 5.32 Å². The highest BCUT2D eigenvalue weighted by Gasteiger charge is 2.23. The molecule has 0 aliphatic rings. The van der Waals surface area contributed by atoms with E-state index in [1.54, 1.807) is 12.1 Å². The Morgan fingerprint density at radius 3 is 2.45 bits per heavy atom. The number of rotatable bonds is 3. The molecule has 1 amide bonds. The van der Waals surface area contributed by atoms with Crippen LogP contribution in [-0.4, -0.2) is 10.8 Å². The molecule has 0 saturated heterocycles. The first kappa shape index (κ1) is 14.7. The van der Waals surface area contributed by atoms with Crippen LogP contribution in [0.5, 0.6) is 0 Å². The van der Waals surface area contributed by atoms with Gasteiger partial charge in [-0.25, -0.2) is 0 Å². The van der Waals surface area contributed by atoms with E-state index in [4.69, 9.17) is 11.6 Å². The zero-order valence-electron chi connectivity index (χ0n) is 9.97. The lowest BCUT2D eigenvalue weighted by Gasteiger charge is -2.06. The average Bonchev–Trinajstić information content (AvgIpc) is 2.40. The van der Waals surface area contributed by atoms with Gasteiger partial charge in [-0.05, 0) is 59.0 Å². The van der Waals surface area contributed by atoms with Crippen molar-refractivity contribution in [3.8, 4) is 0 Å². The standard InChI is InChI=1S/C13H8ClIN2O3/c14-11-3-1-2-10(12(11)17(19)20)13(18)16-9-6-4-8(15)5-7-9/h1-7H,(H,16,18). The first-order valence-electron chi connectivity index (χ1n) is 5.49. The Labute approximate surface area is 133 Å². The number of anilines is 1. The molecule has 0 bridgehead atoms. The van der Waals surface area contributed by atoms with Crippen molar-refractivity contribution in [2.75, 3.05) is 5.32 Å². The summed E-state index contributed by atoms with van der Waals surface area (Å²) in [5.41, 5.74) is 0.0999. The summed E-state index contributed by atoms with van der Waals surface area (Å²) in [6.07, 6.45) is 0. The van der Waals surface area contributed by atoms with Crippen LogP contribution in [0, 0.1) is 13.7 Å². The van der Waals surface area contributed by atoms with Crippen molar-refractivity contribution in [1.82, 2.24) is 0 Å². The molecular weight excluding hydrogens is 395 g/mol. The van der Waals surface area contributed by atoms with Gasteiger partial charge in [0, 0.05) is 9.26 Å². The Morgan fingerprint density at radius 1 is 1.20 bits per heavy atom. The summed E-state index contributed by atoms with van der Waals surface area (Å²) in [6.45, 7) is 0. The molecule has 0 radical (unpaired) electrons. The number of hydrogen-bond acceptors (Lipinski definition) is 3. The molecule has 1 N–H and O–H groups in total. The van der Waals surface area contributed by atoms with E-state index in [9.17, 15) is 14.9 Å². The summed E-state index contributed by atoms with van der Waals surface area (Å²) in [6, 6.07) is 11.3. The molecular formula is C13H8ClIN2O3. The fourth-order valence-electron chi connectivity index (χ4n) is 1.62. The molecule has 0 spiro atoms. The minimum Gasteiger partial charge on any atom is -0.322 e. The van der Waals surface area contributed by atoms with Crippen LogP contribution in [0.25, 0.3) is 0 Å². The average molecular weight is 403 g/mol. The third-order valence-corrected chi connectivity index (χ3v) is 3.54. The van der Waals surface area contributed by atoms with E-state index in [-0.39, 0.29) is 10.6 Å². The molecule has 20 heavy (non-hydrogen) atoms. The minimum atomic E-state index is -0.662. The van der Waals surface area contributed by atoms with E-state index < -0.39 is 16.5 Å². The van der Waals surface area contributed by atoms with Gasteiger partial charge in [-0.3, -0.25) is 14.9 Å². The zero-order chi connectivity index (χ0) is 14.7.